The standard InChI is InChI=1S/C16H17N3O2S/c17-14-8-15(21)19-16(18-14)22-9-13(20)12-6-5-10-3-1-2-4-11(10)7-12/h5-8H,1-4,9H2,(H3,17,18,19,21). The lowest BCUT2D eigenvalue weighted by Gasteiger charge is -2.16. The molecule has 1 aromatic heterocycles. The Labute approximate surface area is 132 Å². The minimum absolute atomic E-state index is 0.0310. The van der Waals surface area contributed by atoms with Crippen molar-refractivity contribution in [3.05, 3.63) is 51.3 Å². The molecule has 5 nitrogen and oxygen atoms in total. The van der Waals surface area contributed by atoms with E-state index >= 15 is 0 Å². The Morgan fingerprint density at radius 1 is 1.23 bits per heavy atom. The summed E-state index contributed by atoms with van der Waals surface area (Å²) in [6.45, 7) is 0. The number of benzene rings is 1. The fraction of sp³-hybridized carbons (Fsp3) is 0.312. The Balaban J connectivity index is 1.70. The molecule has 0 fully saturated rings. The van der Waals surface area contributed by atoms with E-state index in [0.717, 1.165) is 18.4 Å². The molecule has 6 heteroatoms. The van der Waals surface area contributed by atoms with Gasteiger partial charge in [0.05, 0.1) is 5.75 Å². The molecule has 3 N–H and O–H groups in total. The highest BCUT2D eigenvalue weighted by atomic mass is 32.2. The summed E-state index contributed by atoms with van der Waals surface area (Å²) < 4.78 is 0. The Kier molecular flexibility index (Phi) is 4.29. The Morgan fingerprint density at radius 2 is 2.00 bits per heavy atom. The van der Waals surface area contributed by atoms with Gasteiger partial charge < -0.3 is 10.7 Å². The second-order valence-electron chi connectivity index (χ2n) is 5.38. The van der Waals surface area contributed by atoms with Gasteiger partial charge in [0, 0.05) is 11.6 Å². The predicted molar refractivity (Wildman–Crippen MR) is 87.4 cm³/mol. The monoisotopic (exact) mass is 315 g/mol. The fourth-order valence-corrected chi connectivity index (χ4v) is 3.42. The number of thioether (sulfide) groups is 1. The summed E-state index contributed by atoms with van der Waals surface area (Å²) >= 11 is 1.19. The molecule has 0 amide bonds. The molecule has 1 heterocycles. The predicted octanol–water partition coefficient (Wildman–Crippen LogP) is 2.21. The molecule has 0 atom stereocenters. The number of Topliss-reactive ketones (excluding diaryl/α,β-unsaturated/α-hetero) is 1. The molecule has 0 bridgehead atoms. The molecule has 2 aromatic rings. The van der Waals surface area contributed by atoms with Crippen LogP contribution in [0.2, 0.25) is 0 Å². The third-order valence-corrected chi connectivity index (χ3v) is 4.62. The van der Waals surface area contributed by atoms with Crippen molar-refractivity contribution >= 4 is 23.4 Å². The lowest BCUT2D eigenvalue weighted by molar-refractivity contribution is 0.102. The third kappa shape index (κ3) is 3.39. The summed E-state index contributed by atoms with van der Waals surface area (Å²) in [5, 5.41) is 0.372. The number of rotatable bonds is 4. The first-order chi connectivity index (χ1) is 10.6. The van der Waals surface area contributed by atoms with Crippen LogP contribution in [-0.4, -0.2) is 21.5 Å². The number of hydrogen-bond donors (Lipinski definition) is 2. The van der Waals surface area contributed by atoms with E-state index in [0.29, 0.717) is 5.16 Å². The van der Waals surface area contributed by atoms with E-state index in [1.807, 2.05) is 12.1 Å². The second kappa shape index (κ2) is 6.36. The molecule has 1 aromatic carbocycles. The molecule has 0 saturated carbocycles. The van der Waals surface area contributed by atoms with Gasteiger partial charge in [0.25, 0.3) is 5.56 Å². The normalized spacial score (nSPS) is 13.6. The van der Waals surface area contributed by atoms with Crippen LogP contribution in [-0.2, 0) is 12.8 Å². The van der Waals surface area contributed by atoms with E-state index < -0.39 is 0 Å². The smallest absolute Gasteiger partial charge is 0.253 e. The van der Waals surface area contributed by atoms with Gasteiger partial charge in [0.1, 0.15) is 5.82 Å². The quantitative estimate of drug-likeness (QED) is 0.513. The maximum Gasteiger partial charge on any atom is 0.253 e. The molecule has 114 valence electrons. The molecule has 0 spiro atoms. The van der Waals surface area contributed by atoms with Crippen LogP contribution in [0.1, 0.15) is 34.3 Å². The average molecular weight is 315 g/mol. The van der Waals surface area contributed by atoms with Gasteiger partial charge in [-0.05, 0) is 42.9 Å². The number of H-pyrrole nitrogens is 1. The van der Waals surface area contributed by atoms with E-state index in [1.165, 1.54) is 41.8 Å². The largest absolute Gasteiger partial charge is 0.383 e. The zero-order valence-corrected chi connectivity index (χ0v) is 12.9. The summed E-state index contributed by atoms with van der Waals surface area (Å²) in [6.07, 6.45) is 4.57. The summed E-state index contributed by atoms with van der Waals surface area (Å²) in [7, 11) is 0. The van der Waals surface area contributed by atoms with Crippen LogP contribution in [0.5, 0.6) is 0 Å². The lowest BCUT2D eigenvalue weighted by Crippen LogP contribution is -2.11. The van der Waals surface area contributed by atoms with Crippen molar-refractivity contribution in [2.75, 3.05) is 11.5 Å². The van der Waals surface area contributed by atoms with Crippen molar-refractivity contribution in [1.82, 2.24) is 9.97 Å². The molecule has 0 radical (unpaired) electrons. The van der Waals surface area contributed by atoms with Gasteiger partial charge in [0.2, 0.25) is 0 Å². The van der Waals surface area contributed by atoms with Crippen molar-refractivity contribution in [1.29, 1.82) is 0 Å². The van der Waals surface area contributed by atoms with E-state index in [1.54, 1.807) is 0 Å². The number of aryl methyl sites for hydroxylation is 2. The zero-order valence-electron chi connectivity index (χ0n) is 12.1. The Bertz CT molecular complexity index is 770. The number of carbonyl (C=O) groups is 1. The van der Waals surface area contributed by atoms with Crippen LogP contribution in [0, 0.1) is 0 Å². The molecule has 1 aliphatic carbocycles. The first kappa shape index (κ1) is 14.8. The zero-order chi connectivity index (χ0) is 15.5. The molecular weight excluding hydrogens is 298 g/mol. The number of nitrogen functional groups attached to an aromatic ring is 1. The van der Waals surface area contributed by atoms with Crippen molar-refractivity contribution in [3.63, 3.8) is 0 Å². The van der Waals surface area contributed by atoms with Crippen LogP contribution >= 0.6 is 11.8 Å². The molecule has 1 aliphatic rings. The highest BCUT2D eigenvalue weighted by Gasteiger charge is 2.13. The van der Waals surface area contributed by atoms with Crippen molar-refractivity contribution in [2.45, 2.75) is 30.8 Å². The van der Waals surface area contributed by atoms with Gasteiger partial charge >= 0.3 is 0 Å². The summed E-state index contributed by atoms with van der Waals surface area (Å²) in [5.74, 6) is 0.418. The number of ketones is 1. The number of hydrogen-bond acceptors (Lipinski definition) is 5. The number of nitrogens with two attached hydrogens (primary N) is 1. The fourth-order valence-electron chi connectivity index (χ4n) is 2.65. The van der Waals surface area contributed by atoms with Crippen molar-refractivity contribution in [3.8, 4) is 0 Å². The number of fused-ring (bicyclic) bond motifs is 1. The lowest BCUT2D eigenvalue weighted by atomic mass is 9.90. The topological polar surface area (TPSA) is 88.8 Å². The van der Waals surface area contributed by atoms with Crippen LogP contribution < -0.4 is 11.3 Å². The van der Waals surface area contributed by atoms with Gasteiger partial charge in [-0.3, -0.25) is 9.59 Å². The van der Waals surface area contributed by atoms with Crippen molar-refractivity contribution in [2.24, 2.45) is 0 Å². The minimum atomic E-state index is -0.309. The van der Waals surface area contributed by atoms with E-state index in [-0.39, 0.29) is 22.9 Å². The minimum Gasteiger partial charge on any atom is -0.383 e. The molecule has 22 heavy (non-hydrogen) atoms. The first-order valence-corrected chi connectivity index (χ1v) is 8.25. The summed E-state index contributed by atoms with van der Waals surface area (Å²) in [6, 6.07) is 7.18. The van der Waals surface area contributed by atoms with Gasteiger partial charge in [-0.1, -0.05) is 23.9 Å². The van der Waals surface area contributed by atoms with Gasteiger partial charge in [-0.2, -0.15) is 0 Å². The number of anilines is 1. The van der Waals surface area contributed by atoms with Crippen molar-refractivity contribution < 1.29 is 4.79 Å². The van der Waals surface area contributed by atoms with Crippen LogP contribution in [0.15, 0.2) is 34.2 Å². The van der Waals surface area contributed by atoms with Crippen LogP contribution in [0.4, 0.5) is 5.82 Å². The highest BCUT2D eigenvalue weighted by molar-refractivity contribution is 7.99. The van der Waals surface area contributed by atoms with Gasteiger partial charge in [-0.15, -0.1) is 0 Å². The van der Waals surface area contributed by atoms with Crippen LogP contribution in [0.25, 0.3) is 0 Å². The number of nitrogens with one attached hydrogen (secondary N) is 1. The molecule has 0 unspecified atom stereocenters. The second-order valence-corrected chi connectivity index (χ2v) is 6.34. The highest BCUT2D eigenvalue weighted by Crippen LogP contribution is 2.23. The van der Waals surface area contributed by atoms with Gasteiger partial charge in [-0.25, -0.2) is 4.98 Å². The number of aromatic nitrogens is 2. The maximum atomic E-state index is 12.3. The number of aromatic amines is 1. The SMILES string of the molecule is Nc1cc(=O)[nH]c(SCC(=O)c2ccc3c(c2)CCCC3)n1. The third-order valence-electron chi connectivity index (χ3n) is 3.75. The molecule has 0 aliphatic heterocycles. The Morgan fingerprint density at radius 3 is 2.77 bits per heavy atom. The summed E-state index contributed by atoms with van der Waals surface area (Å²) in [4.78, 5) is 30.2. The van der Waals surface area contributed by atoms with E-state index in [2.05, 4.69) is 16.0 Å². The molecule has 3 rings (SSSR count). The van der Waals surface area contributed by atoms with E-state index in [4.69, 9.17) is 5.73 Å². The van der Waals surface area contributed by atoms with Crippen LogP contribution in [0.3, 0.4) is 0 Å². The molecule has 0 saturated heterocycles. The summed E-state index contributed by atoms with van der Waals surface area (Å²) in [5.41, 5.74) is 8.58. The van der Waals surface area contributed by atoms with Gasteiger partial charge in [0.15, 0.2) is 10.9 Å². The first-order valence-electron chi connectivity index (χ1n) is 7.26. The molecular formula is C16H17N3O2S. The Hall–Kier alpha value is -2.08. The number of nitrogens with zero attached hydrogens (tertiary/aromatic N) is 1. The van der Waals surface area contributed by atoms with E-state index in [9.17, 15) is 9.59 Å². The average Bonchev–Trinajstić information content (AvgIpc) is 2.51. The number of carbonyl (C=O) groups excluding carboxylic acids is 1. The maximum absolute atomic E-state index is 12.3.